The predicted molar refractivity (Wildman–Crippen MR) is 101 cm³/mol. The van der Waals surface area contributed by atoms with Gasteiger partial charge in [0.15, 0.2) is 5.65 Å². The van der Waals surface area contributed by atoms with E-state index < -0.39 is 0 Å². The first-order valence-electron chi connectivity index (χ1n) is 8.54. The lowest BCUT2D eigenvalue weighted by Gasteiger charge is -2.14. The van der Waals surface area contributed by atoms with Crippen LogP contribution in [0.5, 0.6) is 5.75 Å². The van der Waals surface area contributed by atoms with Crippen LogP contribution in [-0.4, -0.2) is 48.9 Å². The van der Waals surface area contributed by atoms with Gasteiger partial charge in [-0.15, -0.1) is 0 Å². The Morgan fingerprint density at radius 3 is 2.52 bits per heavy atom. The third-order valence-corrected chi connectivity index (χ3v) is 4.39. The Bertz CT molecular complexity index is 868. The molecule has 3 aromatic rings. The number of rotatable bonds is 6. The van der Waals surface area contributed by atoms with Crippen LogP contribution in [0.2, 0.25) is 0 Å². The molecule has 3 rings (SSSR count). The van der Waals surface area contributed by atoms with Crippen molar-refractivity contribution in [3.8, 4) is 17.0 Å². The number of fused-ring (bicyclic) bond motifs is 1. The van der Waals surface area contributed by atoms with Gasteiger partial charge in [0, 0.05) is 22.9 Å². The number of anilines is 1. The Hall–Kier alpha value is -2.60. The number of hydrogen-bond donors (Lipinski definition) is 2. The summed E-state index contributed by atoms with van der Waals surface area (Å²) in [6.45, 7) is 6.05. The molecule has 6 heteroatoms. The largest absolute Gasteiger partial charge is 0.497 e. The van der Waals surface area contributed by atoms with E-state index in [1.165, 1.54) is 4.90 Å². The number of benzene rings is 1. The van der Waals surface area contributed by atoms with Crippen LogP contribution < -0.4 is 15.0 Å². The van der Waals surface area contributed by atoms with Gasteiger partial charge < -0.3 is 15.0 Å². The average Bonchev–Trinajstić information content (AvgIpc) is 3.01. The van der Waals surface area contributed by atoms with Crippen LogP contribution in [0.25, 0.3) is 16.9 Å². The molecule has 0 atom stereocenters. The summed E-state index contributed by atoms with van der Waals surface area (Å²) in [6, 6.07) is 9.95. The highest BCUT2D eigenvalue weighted by molar-refractivity contribution is 5.67. The fourth-order valence-electron chi connectivity index (χ4n) is 2.74. The topological polar surface area (TPSA) is 55.9 Å². The lowest BCUT2D eigenvalue weighted by Crippen LogP contribution is -3.06. The highest BCUT2D eigenvalue weighted by Crippen LogP contribution is 2.25. The molecular formula is C19H26N5O+. The quantitative estimate of drug-likeness (QED) is 0.715. The van der Waals surface area contributed by atoms with E-state index in [2.05, 4.69) is 31.3 Å². The Morgan fingerprint density at radius 1 is 1.16 bits per heavy atom. The van der Waals surface area contributed by atoms with Crippen molar-refractivity contribution < 1.29 is 9.64 Å². The van der Waals surface area contributed by atoms with Gasteiger partial charge in [0.05, 0.1) is 40.0 Å². The molecule has 0 aliphatic heterocycles. The molecule has 2 N–H and O–H groups in total. The van der Waals surface area contributed by atoms with Crippen LogP contribution in [0.3, 0.4) is 0 Å². The molecule has 0 saturated heterocycles. The van der Waals surface area contributed by atoms with Crippen LogP contribution in [0.15, 0.2) is 30.3 Å². The molecule has 25 heavy (non-hydrogen) atoms. The maximum atomic E-state index is 5.23. The first kappa shape index (κ1) is 17.2. The minimum atomic E-state index is 0.839. The summed E-state index contributed by atoms with van der Waals surface area (Å²) >= 11 is 0. The molecule has 1 aromatic carbocycles. The number of aromatic nitrogens is 3. The van der Waals surface area contributed by atoms with E-state index in [1.54, 1.807) is 7.11 Å². The molecular weight excluding hydrogens is 314 g/mol. The summed E-state index contributed by atoms with van der Waals surface area (Å²) in [5.74, 6) is 1.86. The number of aryl methyl sites for hydroxylation is 1. The normalized spacial score (nSPS) is 11.3. The summed E-state index contributed by atoms with van der Waals surface area (Å²) in [5.41, 5.74) is 4.96. The number of quaternary nitrogens is 1. The molecule has 0 fully saturated rings. The smallest absolute Gasteiger partial charge is 0.158 e. The molecule has 0 unspecified atom stereocenters. The van der Waals surface area contributed by atoms with E-state index in [4.69, 9.17) is 9.84 Å². The van der Waals surface area contributed by atoms with Crippen molar-refractivity contribution in [2.75, 3.05) is 39.6 Å². The van der Waals surface area contributed by atoms with E-state index in [1.807, 2.05) is 41.8 Å². The van der Waals surface area contributed by atoms with Crippen LogP contribution in [0.1, 0.15) is 11.3 Å². The number of likely N-dealkylation sites (N-methyl/N-ethyl adjacent to an activating group) is 1. The summed E-state index contributed by atoms with van der Waals surface area (Å²) in [4.78, 5) is 6.10. The fraction of sp³-hybridized carbons (Fsp3) is 0.368. The highest BCUT2D eigenvalue weighted by atomic mass is 16.5. The third-order valence-electron chi connectivity index (χ3n) is 4.39. The standard InChI is InChI=1S/C19H25N5O/c1-13-14(2)21-18-12-17(15-6-8-16(25-5)9-7-15)22-24(18)19(13)20-10-11-23(3)4/h6-9,12,20H,10-11H2,1-5H3/p+1. The summed E-state index contributed by atoms with van der Waals surface area (Å²) in [6.07, 6.45) is 0. The Balaban J connectivity index is 2.00. The zero-order valence-corrected chi connectivity index (χ0v) is 15.6. The van der Waals surface area contributed by atoms with Crippen molar-refractivity contribution >= 4 is 11.5 Å². The second-order valence-electron chi connectivity index (χ2n) is 6.58. The van der Waals surface area contributed by atoms with Crippen molar-refractivity contribution in [1.82, 2.24) is 14.6 Å². The Labute approximate surface area is 148 Å². The van der Waals surface area contributed by atoms with E-state index >= 15 is 0 Å². The maximum Gasteiger partial charge on any atom is 0.158 e. The van der Waals surface area contributed by atoms with Crippen molar-refractivity contribution in [2.24, 2.45) is 0 Å². The number of methoxy groups -OCH3 is 1. The third kappa shape index (κ3) is 3.58. The van der Waals surface area contributed by atoms with Crippen molar-refractivity contribution in [1.29, 1.82) is 0 Å². The second-order valence-corrected chi connectivity index (χ2v) is 6.58. The first-order valence-corrected chi connectivity index (χ1v) is 8.54. The molecule has 2 heterocycles. The zero-order valence-electron chi connectivity index (χ0n) is 15.6. The average molecular weight is 340 g/mol. The monoisotopic (exact) mass is 340 g/mol. The van der Waals surface area contributed by atoms with E-state index in [0.717, 1.165) is 52.8 Å². The van der Waals surface area contributed by atoms with Gasteiger partial charge in [-0.2, -0.15) is 9.61 Å². The Morgan fingerprint density at radius 2 is 1.88 bits per heavy atom. The van der Waals surface area contributed by atoms with Crippen molar-refractivity contribution in [3.63, 3.8) is 0 Å². The molecule has 0 aliphatic carbocycles. The number of ether oxygens (including phenoxy) is 1. The van der Waals surface area contributed by atoms with Gasteiger partial charge in [0.25, 0.3) is 0 Å². The van der Waals surface area contributed by atoms with Crippen molar-refractivity contribution in [2.45, 2.75) is 13.8 Å². The zero-order chi connectivity index (χ0) is 18.0. The number of nitrogens with one attached hydrogen (secondary N) is 2. The van der Waals surface area contributed by atoms with Gasteiger partial charge in [0.1, 0.15) is 11.6 Å². The van der Waals surface area contributed by atoms with E-state index in [-0.39, 0.29) is 0 Å². The van der Waals surface area contributed by atoms with E-state index in [0.29, 0.717) is 0 Å². The summed E-state index contributed by atoms with van der Waals surface area (Å²) in [5, 5.41) is 8.31. The molecule has 6 nitrogen and oxygen atoms in total. The lowest BCUT2D eigenvalue weighted by atomic mass is 10.1. The van der Waals surface area contributed by atoms with Gasteiger partial charge in [-0.05, 0) is 38.1 Å². The predicted octanol–water partition coefficient (Wildman–Crippen LogP) is 1.58. The molecule has 0 aliphatic rings. The lowest BCUT2D eigenvalue weighted by molar-refractivity contribution is -0.856. The van der Waals surface area contributed by atoms with Crippen LogP contribution in [0, 0.1) is 13.8 Å². The Kier molecular flexibility index (Phi) is 4.90. The van der Waals surface area contributed by atoms with Gasteiger partial charge in [-0.25, -0.2) is 4.98 Å². The maximum absolute atomic E-state index is 5.23. The molecule has 0 saturated carbocycles. The van der Waals surface area contributed by atoms with Gasteiger partial charge in [0.2, 0.25) is 0 Å². The van der Waals surface area contributed by atoms with E-state index in [9.17, 15) is 0 Å². The van der Waals surface area contributed by atoms with Crippen LogP contribution in [0.4, 0.5) is 5.82 Å². The first-order chi connectivity index (χ1) is 12.0. The minimum Gasteiger partial charge on any atom is -0.497 e. The number of hydrogen-bond acceptors (Lipinski definition) is 4. The second kappa shape index (κ2) is 7.11. The van der Waals surface area contributed by atoms with Crippen LogP contribution in [-0.2, 0) is 0 Å². The molecule has 0 spiro atoms. The highest BCUT2D eigenvalue weighted by Gasteiger charge is 2.13. The van der Waals surface area contributed by atoms with Gasteiger partial charge >= 0.3 is 0 Å². The molecule has 0 bridgehead atoms. The minimum absolute atomic E-state index is 0.839. The SMILES string of the molecule is COc1ccc(-c2cc3nc(C)c(C)c(NCC[NH+](C)C)n3n2)cc1. The van der Waals surface area contributed by atoms with Crippen LogP contribution >= 0.6 is 0 Å². The fourth-order valence-corrected chi connectivity index (χ4v) is 2.74. The van der Waals surface area contributed by atoms with Crippen molar-refractivity contribution in [3.05, 3.63) is 41.6 Å². The van der Waals surface area contributed by atoms with Gasteiger partial charge in [-0.1, -0.05) is 0 Å². The summed E-state index contributed by atoms with van der Waals surface area (Å²) in [7, 11) is 5.97. The molecule has 0 amide bonds. The number of nitrogens with zero attached hydrogens (tertiary/aromatic N) is 3. The summed E-state index contributed by atoms with van der Waals surface area (Å²) < 4.78 is 7.14. The molecule has 0 radical (unpaired) electrons. The molecule has 132 valence electrons. The van der Waals surface area contributed by atoms with Gasteiger partial charge in [-0.3, -0.25) is 0 Å². The molecule has 2 aromatic heterocycles.